The highest BCUT2D eigenvalue weighted by atomic mass is 35.5. The van der Waals surface area contributed by atoms with Crippen molar-refractivity contribution < 1.29 is 55.4 Å². The van der Waals surface area contributed by atoms with Gasteiger partial charge in [0.05, 0.1) is 57.8 Å². The number of nitrogens with one attached hydrogen (secondary N) is 1. The summed E-state index contributed by atoms with van der Waals surface area (Å²) < 4.78 is 89.6. The first-order valence-corrected chi connectivity index (χ1v) is 19.9. The molecule has 17 heteroatoms. The number of carbonyl (C=O) groups is 4. The van der Waals surface area contributed by atoms with E-state index in [1.54, 1.807) is 60.7 Å². The van der Waals surface area contributed by atoms with Gasteiger partial charge in [-0.3, -0.25) is 24.6 Å². The molecule has 318 valence electrons. The van der Waals surface area contributed by atoms with Crippen molar-refractivity contribution in [1.82, 2.24) is 5.01 Å². The largest absolute Gasteiger partial charge is 0.507 e. The van der Waals surface area contributed by atoms with Crippen LogP contribution < -0.4 is 15.1 Å². The molecule has 4 amide bonds. The van der Waals surface area contributed by atoms with Crippen LogP contribution in [0.1, 0.15) is 41.0 Å². The third-order valence-corrected chi connectivity index (χ3v) is 13.2. The minimum atomic E-state index is -5.26. The molecule has 0 aromatic heterocycles. The van der Waals surface area contributed by atoms with E-state index >= 15 is 9.59 Å². The number of allylic oxidation sites excluding steroid dienone is 2. The maximum absolute atomic E-state index is 15.6. The van der Waals surface area contributed by atoms with E-state index in [-0.39, 0.29) is 40.4 Å². The van der Waals surface area contributed by atoms with E-state index in [0.717, 1.165) is 5.01 Å². The van der Waals surface area contributed by atoms with Crippen molar-refractivity contribution in [3.63, 3.8) is 0 Å². The monoisotopic (exact) mass is 893 g/mol. The van der Waals surface area contributed by atoms with Crippen LogP contribution in [-0.4, -0.2) is 40.9 Å². The van der Waals surface area contributed by atoms with Gasteiger partial charge in [-0.25, -0.2) is 4.90 Å². The van der Waals surface area contributed by atoms with Gasteiger partial charge in [-0.1, -0.05) is 77.3 Å². The molecule has 0 bridgehead atoms. The second-order valence-corrected chi connectivity index (χ2v) is 16.6. The number of methoxy groups -OCH3 is 1. The zero-order valence-electron chi connectivity index (χ0n) is 32.0. The Hall–Kier alpha value is -6.06. The van der Waals surface area contributed by atoms with Gasteiger partial charge in [0.2, 0.25) is 11.8 Å². The Morgan fingerprint density at radius 3 is 2.06 bits per heavy atom. The van der Waals surface area contributed by atoms with Crippen molar-refractivity contribution in [2.24, 2.45) is 23.7 Å². The molecule has 4 aliphatic rings. The number of phenols is 1. The maximum atomic E-state index is 15.6. The lowest BCUT2D eigenvalue weighted by molar-refractivity contribution is -0.143. The summed E-state index contributed by atoms with van der Waals surface area (Å²) in [6.45, 7) is 0. The predicted molar refractivity (Wildman–Crippen MR) is 215 cm³/mol. The van der Waals surface area contributed by atoms with Crippen molar-refractivity contribution in [3.8, 4) is 11.5 Å². The number of amides is 4. The molecule has 3 fully saturated rings. The number of aromatic hydroxyl groups is 1. The predicted octanol–water partition coefficient (Wildman–Crippen LogP) is 10.1. The molecule has 2 N–H and O–H groups in total. The molecule has 5 aromatic carbocycles. The third-order valence-electron chi connectivity index (χ3n) is 12.7. The number of benzene rings is 5. The number of phenolic OH excluding ortho intramolecular Hbond substituents is 1. The standard InChI is InChI=1S/C45H31Cl2F6N3O6/c1-62-26-9-6-21(7-10-26)43-33(40(59)56(42(43)61)54-35-14-8-24(46)19-34(35)47)20-32-30(38(43)29-13-15-36(57)28-5-3-2-4-27(28)29)11-12-31-37(32)41(60)55(39(31)58)25-17-22(44(48,49)50)16-23(18-25)45(51,52)53/h2-11,13-19,31-33,37-38,54,57H,12,20H2,1H3. The molecule has 2 saturated heterocycles. The van der Waals surface area contributed by atoms with Crippen LogP contribution in [0.15, 0.2) is 109 Å². The first-order valence-electron chi connectivity index (χ1n) is 19.2. The van der Waals surface area contributed by atoms with Gasteiger partial charge in [-0.2, -0.15) is 31.4 Å². The summed E-state index contributed by atoms with van der Waals surface area (Å²) in [5.41, 5.74) is -1.81. The van der Waals surface area contributed by atoms with Crippen LogP contribution >= 0.6 is 23.2 Å². The molecule has 6 unspecified atom stereocenters. The number of rotatable bonds is 6. The van der Waals surface area contributed by atoms with Crippen molar-refractivity contribution in [1.29, 1.82) is 0 Å². The zero-order valence-corrected chi connectivity index (χ0v) is 33.5. The van der Waals surface area contributed by atoms with E-state index in [4.69, 9.17) is 27.9 Å². The molecule has 6 atom stereocenters. The van der Waals surface area contributed by atoms with Gasteiger partial charge in [0.15, 0.2) is 0 Å². The number of hydrazine groups is 1. The smallest absolute Gasteiger partial charge is 0.416 e. The van der Waals surface area contributed by atoms with E-state index in [2.05, 4.69) is 5.43 Å². The molecule has 9 nitrogen and oxygen atoms in total. The van der Waals surface area contributed by atoms with Gasteiger partial charge in [0.25, 0.3) is 11.8 Å². The fraction of sp³-hybridized carbons (Fsp3) is 0.244. The Balaban J connectivity index is 1.26. The summed E-state index contributed by atoms with van der Waals surface area (Å²) in [5, 5.41) is 13.1. The van der Waals surface area contributed by atoms with Crippen LogP contribution in [0.2, 0.25) is 10.0 Å². The number of carbonyl (C=O) groups excluding carboxylic acids is 4. The average Bonchev–Trinajstić information content (AvgIpc) is 3.62. The molecule has 1 saturated carbocycles. The van der Waals surface area contributed by atoms with Crippen LogP contribution in [0.25, 0.3) is 10.8 Å². The Labute approximate surface area is 358 Å². The molecule has 0 radical (unpaired) electrons. The van der Waals surface area contributed by atoms with Crippen LogP contribution in [0.4, 0.5) is 37.7 Å². The molecule has 2 aliphatic carbocycles. The first-order chi connectivity index (χ1) is 29.4. The second-order valence-electron chi connectivity index (χ2n) is 15.7. The van der Waals surface area contributed by atoms with E-state index < -0.39 is 87.8 Å². The lowest BCUT2D eigenvalue weighted by atomic mass is 9.49. The summed E-state index contributed by atoms with van der Waals surface area (Å²) in [4.78, 5) is 60.1. The lowest BCUT2D eigenvalue weighted by Gasteiger charge is -2.51. The van der Waals surface area contributed by atoms with E-state index in [1.807, 2.05) is 0 Å². The fourth-order valence-electron chi connectivity index (χ4n) is 10.1. The van der Waals surface area contributed by atoms with E-state index in [0.29, 0.717) is 50.3 Å². The Kier molecular flexibility index (Phi) is 9.67. The van der Waals surface area contributed by atoms with Crippen molar-refractivity contribution in [2.75, 3.05) is 17.4 Å². The average molecular weight is 895 g/mol. The normalized spacial score (nSPS) is 24.9. The van der Waals surface area contributed by atoms with Gasteiger partial charge in [0.1, 0.15) is 11.5 Å². The molecular formula is C45H31Cl2F6N3O6. The Bertz CT molecular complexity index is 2750. The summed E-state index contributed by atoms with van der Waals surface area (Å²) in [5.74, 6) is -9.22. The zero-order chi connectivity index (χ0) is 44.2. The van der Waals surface area contributed by atoms with Crippen LogP contribution in [0, 0.1) is 23.7 Å². The number of hydrogen-bond donors (Lipinski definition) is 2. The van der Waals surface area contributed by atoms with E-state index in [1.165, 1.54) is 31.4 Å². The number of alkyl halides is 6. The number of nitrogens with zero attached hydrogens (tertiary/aromatic N) is 2. The van der Waals surface area contributed by atoms with Gasteiger partial charge in [-0.15, -0.1) is 0 Å². The summed E-state index contributed by atoms with van der Waals surface area (Å²) in [7, 11) is 1.45. The minimum absolute atomic E-state index is 0.0743. The highest BCUT2D eigenvalue weighted by Gasteiger charge is 2.70. The van der Waals surface area contributed by atoms with Crippen molar-refractivity contribution in [3.05, 3.63) is 141 Å². The number of halogens is 8. The molecule has 9 rings (SSSR count). The van der Waals surface area contributed by atoms with E-state index in [9.17, 15) is 41.0 Å². The quantitative estimate of drug-likeness (QED) is 0.0991. The number of anilines is 2. The minimum Gasteiger partial charge on any atom is -0.507 e. The molecule has 62 heavy (non-hydrogen) atoms. The molecule has 5 aromatic rings. The van der Waals surface area contributed by atoms with Crippen molar-refractivity contribution >= 4 is 69.0 Å². The summed E-state index contributed by atoms with van der Waals surface area (Å²) in [6, 6.07) is 21.3. The van der Waals surface area contributed by atoms with Crippen LogP contribution in [0.3, 0.4) is 0 Å². The Morgan fingerprint density at radius 1 is 0.774 bits per heavy atom. The van der Waals surface area contributed by atoms with Crippen LogP contribution in [0.5, 0.6) is 11.5 Å². The summed E-state index contributed by atoms with van der Waals surface area (Å²) in [6.07, 6.45) is -9.26. The number of hydrogen-bond acceptors (Lipinski definition) is 7. The van der Waals surface area contributed by atoms with Crippen LogP contribution in [-0.2, 0) is 36.9 Å². The Morgan fingerprint density at radius 2 is 1.44 bits per heavy atom. The molecule has 2 aliphatic heterocycles. The van der Waals surface area contributed by atoms with Gasteiger partial charge < -0.3 is 9.84 Å². The van der Waals surface area contributed by atoms with Crippen molar-refractivity contribution in [2.45, 2.75) is 36.5 Å². The molecule has 2 heterocycles. The molecule has 0 spiro atoms. The summed E-state index contributed by atoms with van der Waals surface area (Å²) >= 11 is 12.7. The fourth-order valence-corrected chi connectivity index (χ4v) is 10.5. The van der Waals surface area contributed by atoms with Gasteiger partial charge >= 0.3 is 12.4 Å². The highest BCUT2D eigenvalue weighted by molar-refractivity contribution is 6.36. The maximum Gasteiger partial charge on any atom is 0.416 e. The third kappa shape index (κ3) is 6.22. The molecular weight excluding hydrogens is 863 g/mol. The second kappa shape index (κ2) is 14.5. The lowest BCUT2D eigenvalue weighted by Crippen LogP contribution is -2.53. The number of ether oxygens (including phenoxy) is 1. The number of fused-ring (bicyclic) bond motifs is 5. The first kappa shape index (κ1) is 41.3. The van der Waals surface area contributed by atoms with Gasteiger partial charge in [-0.05, 0) is 89.9 Å². The highest BCUT2D eigenvalue weighted by Crippen LogP contribution is 2.65. The topological polar surface area (TPSA) is 116 Å². The van der Waals surface area contributed by atoms with Gasteiger partial charge in [0, 0.05) is 16.3 Å². The number of imide groups is 2. The SMILES string of the molecule is COc1ccc(C23C(=O)N(Nc4ccc(Cl)cc4Cl)C(=O)C2CC2C(=CCC4C(=O)N(c5cc(C(F)(F)F)cc(C(F)(F)F)c5)C(=O)C42)C3c2ccc(O)c3ccccc23)cc1.